The molecule has 2 aliphatic rings. The van der Waals surface area contributed by atoms with Crippen molar-refractivity contribution in [3.8, 4) is 0 Å². The van der Waals surface area contributed by atoms with E-state index in [2.05, 4.69) is 15.2 Å². The van der Waals surface area contributed by atoms with Gasteiger partial charge in [0.05, 0.1) is 6.67 Å². The number of para-hydroxylation sites is 1. The van der Waals surface area contributed by atoms with Crippen molar-refractivity contribution in [3.63, 3.8) is 0 Å². The van der Waals surface area contributed by atoms with E-state index in [0.717, 1.165) is 16.9 Å². The third-order valence-corrected chi connectivity index (χ3v) is 7.60. The molecule has 0 aliphatic carbocycles. The number of nitrogens with zero attached hydrogens (tertiary/aromatic N) is 4. The van der Waals surface area contributed by atoms with Crippen LogP contribution in [-0.4, -0.2) is 70.9 Å². The quantitative estimate of drug-likeness (QED) is 0.527. The minimum absolute atomic E-state index is 0.00111. The largest absolute Gasteiger partial charge is 0.354 e. The van der Waals surface area contributed by atoms with Gasteiger partial charge in [-0.3, -0.25) is 19.4 Å². The maximum absolute atomic E-state index is 13.9. The standard InChI is InChI=1S/C30H33N5O3/c1-23-9-5-6-13-26(23)28(37)33-19-15-30(16-20-33)29(38)34(22-35(30)25-11-3-2-4-12-25)21-27(36)32-18-14-24-10-7-8-17-31-24/h2-13,17H,14-16,18-22H2,1H3,(H,32,36). The lowest BCUT2D eigenvalue weighted by Crippen LogP contribution is -2.57. The van der Waals surface area contributed by atoms with Gasteiger partial charge in [0, 0.05) is 49.2 Å². The number of pyridine rings is 1. The number of likely N-dealkylation sites (tertiary alicyclic amines) is 1. The summed E-state index contributed by atoms with van der Waals surface area (Å²) in [7, 11) is 0. The van der Waals surface area contributed by atoms with Gasteiger partial charge in [0.25, 0.3) is 11.8 Å². The Morgan fingerprint density at radius 3 is 2.37 bits per heavy atom. The number of anilines is 1. The summed E-state index contributed by atoms with van der Waals surface area (Å²) in [6, 6.07) is 23.2. The second-order valence-corrected chi connectivity index (χ2v) is 9.97. The Kier molecular flexibility index (Phi) is 7.40. The van der Waals surface area contributed by atoms with Crippen LogP contribution in [0.3, 0.4) is 0 Å². The summed E-state index contributed by atoms with van der Waals surface area (Å²) in [6.07, 6.45) is 3.38. The van der Waals surface area contributed by atoms with Gasteiger partial charge in [0.1, 0.15) is 12.1 Å². The molecule has 3 aromatic rings. The van der Waals surface area contributed by atoms with Gasteiger partial charge in [0.15, 0.2) is 0 Å². The number of amides is 3. The van der Waals surface area contributed by atoms with Crippen LogP contribution in [0.4, 0.5) is 5.69 Å². The number of nitrogens with one attached hydrogen (secondary N) is 1. The van der Waals surface area contributed by atoms with Crippen LogP contribution in [0.25, 0.3) is 0 Å². The van der Waals surface area contributed by atoms with Gasteiger partial charge in [0.2, 0.25) is 5.91 Å². The summed E-state index contributed by atoms with van der Waals surface area (Å²) in [4.78, 5) is 49.8. The molecule has 3 amide bonds. The third-order valence-electron chi connectivity index (χ3n) is 7.60. The zero-order chi connectivity index (χ0) is 26.5. The van der Waals surface area contributed by atoms with Gasteiger partial charge < -0.3 is 20.0 Å². The zero-order valence-corrected chi connectivity index (χ0v) is 21.7. The minimum atomic E-state index is -0.780. The summed E-state index contributed by atoms with van der Waals surface area (Å²) >= 11 is 0. The molecular formula is C30H33N5O3. The maximum Gasteiger partial charge on any atom is 0.254 e. The molecule has 1 N–H and O–H groups in total. The van der Waals surface area contributed by atoms with Crippen LogP contribution in [0.1, 0.15) is 34.5 Å². The number of aryl methyl sites for hydroxylation is 1. The van der Waals surface area contributed by atoms with Crippen LogP contribution in [0, 0.1) is 6.92 Å². The zero-order valence-electron chi connectivity index (χ0n) is 21.7. The Morgan fingerprint density at radius 2 is 1.66 bits per heavy atom. The molecule has 8 heteroatoms. The first-order chi connectivity index (χ1) is 18.5. The lowest BCUT2D eigenvalue weighted by Gasteiger charge is -2.43. The first-order valence-electron chi connectivity index (χ1n) is 13.1. The van der Waals surface area contributed by atoms with Crippen molar-refractivity contribution >= 4 is 23.4 Å². The first kappa shape index (κ1) is 25.4. The normalized spacial score (nSPS) is 16.7. The summed E-state index contributed by atoms with van der Waals surface area (Å²) < 4.78 is 0. The molecule has 0 saturated carbocycles. The van der Waals surface area contributed by atoms with E-state index < -0.39 is 5.54 Å². The Labute approximate surface area is 223 Å². The highest BCUT2D eigenvalue weighted by molar-refractivity contribution is 5.98. The number of carbonyl (C=O) groups excluding carboxylic acids is 3. The van der Waals surface area contributed by atoms with Gasteiger partial charge in [-0.2, -0.15) is 0 Å². The number of rotatable bonds is 7. The van der Waals surface area contributed by atoms with Gasteiger partial charge in [-0.15, -0.1) is 0 Å². The summed E-state index contributed by atoms with van der Waals surface area (Å²) in [5.41, 5.74) is 2.72. The van der Waals surface area contributed by atoms with Crippen molar-refractivity contribution in [2.75, 3.05) is 37.7 Å². The second-order valence-electron chi connectivity index (χ2n) is 9.97. The van der Waals surface area contributed by atoms with Crippen molar-refractivity contribution in [2.45, 2.75) is 31.7 Å². The SMILES string of the molecule is Cc1ccccc1C(=O)N1CCC2(CC1)C(=O)N(CC(=O)NCCc1ccccn1)CN2c1ccccc1. The minimum Gasteiger partial charge on any atom is -0.354 e. The molecule has 2 saturated heterocycles. The van der Waals surface area contributed by atoms with Gasteiger partial charge in [-0.1, -0.05) is 42.5 Å². The molecule has 8 nitrogen and oxygen atoms in total. The molecule has 5 rings (SSSR count). The Bertz CT molecular complexity index is 1290. The monoisotopic (exact) mass is 511 g/mol. The Morgan fingerprint density at radius 1 is 0.947 bits per heavy atom. The molecule has 0 atom stereocenters. The molecule has 0 bridgehead atoms. The molecule has 3 heterocycles. The summed E-state index contributed by atoms with van der Waals surface area (Å²) in [6.45, 7) is 3.69. The molecule has 38 heavy (non-hydrogen) atoms. The fourth-order valence-electron chi connectivity index (χ4n) is 5.49. The van der Waals surface area contributed by atoms with Crippen LogP contribution in [0.15, 0.2) is 79.0 Å². The number of carbonyl (C=O) groups is 3. The average Bonchev–Trinajstić information content (AvgIpc) is 3.20. The van der Waals surface area contributed by atoms with E-state index in [-0.39, 0.29) is 24.3 Å². The summed E-state index contributed by atoms with van der Waals surface area (Å²) in [5, 5.41) is 2.93. The van der Waals surface area contributed by atoms with Crippen LogP contribution in [-0.2, 0) is 16.0 Å². The predicted molar refractivity (Wildman–Crippen MR) is 145 cm³/mol. The van der Waals surface area contributed by atoms with E-state index in [1.54, 1.807) is 11.1 Å². The molecule has 2 aliphatic heterocycles. The fraction of sp³-hybridized carbons (Fsp3) is 0.333. The highest BCUT2D eigenvalue weighted by Gasteiger charge is 2.54. The van der Waals surface area contributed by atoms with E-state index in [1.165, 1.54) is 0 Å². The molecular weight excluding hydrogens is 478 g/mol. The molecule has 0 radical (unpaired) electrons. The van der Waals surface area contributed by atoms with Gasteiger partial charge in [-0.05, 0) is 55.7 Å². The predicted octanol–water partition coefficient (Wildman–Crippen LogP) is 3.03. The topological polar surface area (TPSA) is 85.8 Å². The highest BCUT2D eigenvalue weighted by Crippen LogP contribution is 2.39. The first-order valence-corrected chi connectivity index (χ1v) is 13.1. The van der Waals surface area contributed by atoms with Gasteiger partial charge >= 0.3 is 0 Å². The van der Waals surface area contributed by atoms with Crippen molar-refractivity contribution in [1.29, 1.82) is 0 Å². The third kappa shape index (κ3) is 5.11. The number of benzene rings is 2. The number of piperidine rings is 1. The molecule has 1 spiro atoms. The van der Waals surface area contributed by atoms with Crippen LogP contribution >= 0.6 is 0 Å². The smallest absolute Gasteiger partial charge is 0.254 e. The Hall–Kier alpha value is -4.20. The van der Waals surface area contributed by atoms with E-state index in [1.807, 2.05) is 84.6 Å². The number of hydrogen-bond acceptors (Lipinski definition) is 5. The average molecular weight is 512 g/mol. The van der Waals surface area contributed by atoms with E-state index in [4.69, 9.17) is 0 Å². The number of aromatic nitrogens is 1. The summed E-state index contributed by atoms with van der Waals surface area (Å²) in [5.74, 6) is -0.241. The number of hydrogen-bond donors (Lipinski definition) is 1. The van der Waals surface area contributed by atoms with Crippen LogP contribution in [0.5, 0.6) is 0 Å². The fourth-order valence-corrected chi connectivity index (χ4v) is 5.49. The maximum atomic E-state index is 13.9. The van der Waals surface area contributed by atoms with Crippen LogP contribution in [0.2, 0.25) is 0 Å². The lowest BCUT2D eigenvalue weighted by molar-refractivity contribution is -0.137. The van der Waals surface area contributed by atoms with Crippen molar-refractivity contribution < 1.29 is 14.4 Å². The molecule has 2 aromatic carbocycles. The van der Waals surface area contributed by atoms with E-state index in [0.29, 0.717) is 51.1 Å². The second kappa shape index (κ2) is 11.0. The lowest BCUT2D eigenvalue weighted by atomic mass is 9.85. The molecule has 196 valence electrons. The van der Waals surface area contributed by atoms with E-state index in [9.17, 15) is 14.4 Å². The molecule has 1 aromatic heterocycles. The Balaban J connectivity index is 1.28. The van der Waals surface area contributed by atoms with Crippen molar-refractivity contribution in [3.05, 3.63) is 95.8 Å². The van der Waals surface area contributed by atoms with E-state index >= 15 is 0 Å². The van der Waals surface area contributed by atoms with Crippen molar-refractivity contribution in [2.24, 2.45) is 0 Å². The van der Waals surface area contributed by atoms with Crippen LogP contribution < -0.4 is 10.2 Å². The van der Waals surface area contributed by atoms with Crippen molar-refractivity contribution in [1.82, 2.24) is 20.1 Å². The molecule has 2 fully saturated rings. The van der Waals surface area contributed by atoms with Gasteiger partial charge in [-0.25, -0.2) is 0 Å². The molecule has 0 unspecified atom stereocenters. The highest BCUT2D eigenvalue weighted by atomic mass is 16.2.